The Labute approximate surface area is 174 Å². The van der Waals surface area contributed by atoms with Gasteiger partial charge in [0.25, 0.3) is 0 Å². The van der Waals surface area contributed by atoms with Crippen LogP contribution in [0.1, 0.15) is 12.5 Å². The molecule has 1 unspecified atom stereocenters. The van der Waals surface area contributed by atoms with Crippen molar-refractivity contribution in [3.8, 4) is 11.5 Å². The van der Waals surface area contributed by atoms with Crippen molar-refractivity contribution >= 4 is 30.9 Å². The van der Waals surface area contributed by atoms with E-state index in [4.69, 9.17) is 18.0 Å². The molecule has 0 saturated carbocycles. The lowest BCUT2D eigenvalue weighted by Gasteiger charge is -2.36. The van der Waals surface area contributed by atoms with Crippen molar-refractivity contribution < 1.29 is 22.8 Å². The van der Waals surface area contributed by atoms with Crippen LogP contribution in [0.3, 0.4) is 0 Å². The summed E-state index contributed by atoms with van der Waals surface area (Å²) in [4.78, 5) is 13.0. The average molecular weight is 443 g/mol. The molecule has 5 nitrogen and oxygen atoms in total. The van der Waals surface area contributed by atoms with Gasteiger partial charge in [0.2, 0.25) is 16.6 Å². The van der Waals surface area contributed by atoms with Gasteiger partial charge in [-0.15, -0.1) is 0 Å². The zero-order valence-corrected chi connectivity index (χ0v) is 22.5. The van der Waals surface area contributed by atoms with Gasteiger partial charge in [0.1, 0.15) is 5.75 Å². The Bertz CT molecular complexity index is 687. The number of hydrogen-bond donors (Lipinski definition) is 0. The monoisotopic (exact) mass is 442 g/mol. The fraction of sp³-hybridized carbons (Fsp3) is 0.650. The fourth-order valence-electron chi connectivity index (χ4n) is 2.84. The minimum atomic E-state index is -2.03. The van der Waals surface area contributed by atoms with E-state index >= 15 is 0 Å². The zero-order valence-electron chi connectivity index (χ0n) is 19.5. The molecule has 0 bridgehead atoms. The second-order valence-electron chi connectivity index (χ2n) is 10.3. The summed E-state index contributed by atoms with van der Waals surface area (Å²) in [6.07, 6.45) is 0.421. The summed E-state index contributed by atoms with van der Waals surface area (Å²) in [7, 11) is -4.14. The molecule has 1 rings (SSSR count). The predicted molar refractivity (Wildman–Crippen MR) is 123 cm³/mol. The number of hydrogen-bond acceptors (Lipinski definition) is 5. The third kappa shape index (κ3) is 8.50. The molecule has 28 heavy (non-hydrogen) atoms. The summed E-state index contributed by atoms with van der Waals surface area (Å²) >= 11 is 0. The Morgan fingerprint density at radius 2 is 1.46 bits per heavy atom. The van der Waals surface area contributed by atoms with E-state index < -0.39 is 30.6 Å². The van der Waals surface area contributed by atoms with Crippen molar-refractivity contribution in [3.05, 3.63) is 23.8 Å². The Hall–Kier alpha value is -1.10. The molecule has 1 aromatic carbocycles. The largest absolute Gasteiger partial charge is 0.542 e. The second kappa shape index (κ2) is 8.73. The second-order valence-corrected chi connectivity index (χ2v) is 23.6. The molecule has 160 valence electrons. The average Bonchev–Trinajstić information content (AvgIpc) is 2.43. The van der Waals surface area contributed by atoms with E-state index in [0.29, 0.717) is 12.2 Å². The molecule has 0 fully saturated rings. The smallest absolute Gasteiger partial charge is 0.324 e. The zero-order chi connectivity index (χ0) is 22.0. The maximum atomic E-state index is 13.0. The lowest BCUT2D eigenvalue weighted by Crippen LogP contribution is -2.51. The van der Waals surface area contributed by atoms with Crippen molar-refractivity contribution in [2.45, 2.75) is 77.9 Å². The van der Waals surface area contributed by atoms with Crippen LogP contribution in [0.2, 0.25) is 58.9 Å². The van der Waals surface area contributed by atoms with E-state index in [0.717, 1.165) is 11.3 Å². The third-order valence-corrected chi connectivity index (χ3v) is 6.24. The minimum absolute atomic E-state index is 0.282. The molecule has 1 aromatic rings. The van der Waals surface area contributed by atoms with Crippen molar-refractivity contribution in [3.63, 3.8) is 0 Å². The van der Waals surface area contributed by atoms with E-state index in [9.17, 15) is 4.79 Å². The van der Waals surface area contributed by atoms with Crippen molar-refractivity contribution in [1.82, 2.24) is 0 Å². The first-order valence-electron chi connectivity index (χ1n) is 9.74. The Balaban J connectivity index is 3.23. The van der Waals surface area contributed by atoms with E-state index in [-0.39, 0.29) is 5.97 Å². The molecule has 0 aliphatic rings. The van der Waals surface area contributed by atoms with Crippen LogP contribution < -0.4 is 9.16 Å². The van der Waals surface area contributed by atoms with Crippen LogP contribution >= 0.6 is 0 Å². The first-order chi connectivity index (χ1) is 12.4. The number of carbonyl (C=O) groups is 1. The van der Waals surface area contributed by atoms with Gasteiger partial charge in [-0.05, 0) is 83.5 Å². The predicted octanol–water partition coefficient (Wildman–Crippen LogP) is 5.44. The highest BCUT2D eigenvalue weighted by Gasteiger charge is 2.42. The summed E-state index contributed by atoms with van der Waals surface area (Å²) < 4.78 is 23.8. The molecule has 0 amide bonds. The number of methoxy groups -OCH3 is 1. The van der Waals surface area contributed by atoms with Crippen LogP contribution in [-0.4, -0.2) is 43.6 Å². The Morgan fingerprint density at radius 1 is 0.893 bits per heavy atom. The van der Waals surface area contributed by atoms with E-state index in [1.165, 1.54) is 0 Å². The van der Waals surface area contributed by atoms with Crippen LogP contribution in [0.5, 0.6) is 11.5 Å². The Kier molecular flexibility index (Phi) is 7.77. The lowest BCUT2D eigenvalue weighted by atomic mass is 9.96. The lowest BCUT2D eigenvalue weighted by molar-refractivity contribution is -0.152. The molecule has 0 N–H and O–H groups in total. The summed E-state index contributed by atoms with van der Waals surface area (Å²) in [6.45, 7) is 20.5. The molecule has 0 radical (unpaired) electrons. The van der Waals surface area contributed by atoms with E-state index in [2.05, 4.69) is 39.3 Å². The molecule has 0 aliphatic carbocycles. The quantitative estimate of drug-likeness (QED) is 0.477. The van der Waals surface area contributed by atoms with E-state index in [1.54, 1.807) is 7.11 Å². The summed E-state index contributed by atoms with van der Waals surface area (Å²) in [5.74, 6) is 1.13. The van der Waals surface area contributed by atoms with Gasteiger partial charge in [0.05, 0.1) is 7.11 Å². The standard InChI is InChI=1S/C20H38O5Si3/c1-20(25-28(9,10)11,19(21)24-27(6,7)8)15-16-12-13-17(18(14-16)22-2)23-26(3,4)5/h12-14H,15H2,1-11H3. The van der Waals surface area contributed by atoms with Crippen molar-refractivity contribution in [2.24, 2.45) is 0 Å². The van der Waals surface area contributed by atoms with E-state index in [1.807, 2.05) is 44.8 Å². The van der Waals surface area contributed by atoms with Crippen LogP contribution in [-0.2, 0) is 20.1 Å². The molecule has 0 spiro atoms. The topological polar surface area (TPSA) is 54.0 Å². The molecule has 0 heterocycles. The van der Waals surface area contributed by atoms with Gasteiger partial charge in [-0.25, -0.2) is 0 Å². The maximum Gasteiger partial charge on any atom is 0.324 e. The molecule has 0 aromatic heterocycles. The molecular weight excluding hydrogens is 404 g/mol. The van der Waals surface area contributed by atoms with Crippen molar-refractivity contribution in [1.29, 1.82) is 0 Å². The molecule has 0 saturated heterocycles. The van der Waals surface area contributed by atoms with Gasteiger partial charge in [-0.1, -0.05) is 6.07 Å². The molecule has 1 atom stereocenters. The normalized spacial score (nSPS) is 15.0. The first-order valence-corrected chi connectivity index (χ1v) is 20.0. The summed E-state index contributed by atoms with van der Waals surface area (Å²) in [6, 6.07) is 5.83. The van der Waals surface area contributed by atoms with Gasteiger partial charge < -0.3 is 18.0 Å². The summed E-state index contributed by atoms with van der Waals surface area (Å²) in [5, 5.41) is 0. The Morgan fingerprint density at radius 3 is 1.89 bits per heavy atom. The SMILES string of the molecule is COc1cc(CC(C)(O[Si](C)(C)C)C(=O)O[Si](C)(C)C)ccc1O[Si](C)(C)C. The van der Waals surface area contributed by atoms with Gasteiger partial charge in [-0.2, -0.15) is 0 Å². The summed E-state index contributed by atoms with van der Waals surface area (Å²) in [5.41, 5.74) is -0.0789. The van der Waals surface area contributed by atoms with Gasteiger partial charge >= 0.3 is 5.97 Å². The third-order valence-electron chi connectivity index (χ3n) is 3.55. The minimum Gasteiger partial charge on any atom is -0.542 e. The van der Waals surface area contributed by atoms with Gasteiger partial charge in [-0.3, -0.25) is 4.79 Å². The number of benzene rings is 1. The molecule has 8 heteroatoms. The van der Waals surface area contributed by atoms with Crippen molar-refractivity contribution in [2.75, 3.05) is 7.11 Å². The van der Waals surface area contributed by atoms with Gasteiger partial charge in [0.15, 0.2) is 19.7 Å². The van der Waals surface area contributed by atoms with Gasteiger partial charge in [0, 0.05) is 6.42 Å². The number of carbonyl (C=O) groups excluding carboxylic acids is 1. The molecular formula is C20H38O5Si3. The maximum absolute atomic E-state index is 13.0. The number of rotatable bonds is 9. The highest BCUT2D eigenvalue weighted by atomic mass is 28.4. The highest BCUT2D eigenvalue weighted by molar-refractivity contribution is 6.72. The first kappa shape index (κ1) is 24.9. The fourth-order valence-corrected chi connectivity index (χ4v) is 5.94. The number of ether oxygens (including phenoxy) is 1. The van der Waals surface area contributed by atoms with Crippen LogP contribution in [0.4, 0.5) is 0 Å². The van der Waals surface area contributed by atoms with Crippen LogP contribution in [0.25, 0.3) is 0 Å². The highest BCUT2D eigenvalue weighted by Crippen LogP contribution is 2.33. The van der Waals surface area contributed by atoms with Crippen LogP contribution in [0, 0.1) is 0 Å². The molecule has 0 aliphatic heterocycles. The van der Waals surface area contributed by atoms with Crippen LogP contribution in [0.15, 0.2) is 18.2 Å².